The lowest BCUT2D eigenvalue weighted by Crippen LogP contribution is -2.43. The van der Waals surface area contributed by atoms with Crippen LogP contribution in [0.2, 0.25) is 0 Å². The van der Waals surface area contributed by atoms with Gasteiger partial charge in [-0.25, -0.2) is 4.79 Å². The summed E-state index contributed by atoms with van der Waals surface area (Å²) in [5, 5.41) is 1.77. The molecule has 0 aliphatic heterocycles. The molecule has 0 unspecified atom stereocenters. The summed E-state index contributed by atoms with van der Waals surface area (Å²) >= 11 is 1.28. The van der Waals surface area contributed by atoms with Crippen molar-refractivity contribution in [3.05, 3.63) is 62.1 Å². The second-order valence-electron chi connectivity index (χ2n) is 6.54. The van der Waals surface area contributed by atoms with Gasteiger partial charge in [0.05, 0.1) is 18.7 Å². The van der Waals surface area contributed by atoms with E-state index >= 15 is 0 Å². The Hall–Kier alpha value is -2.87. The van der Waals surface area contributed by atoms with Gasteiger partial charge < -0.3 is 9.64 Å². The minimum Gasteiger partial charge on any atom is -0.494 e. The van der Waals surface area contributed by atoms with Crippen molar-refractivity contribution in [1.82, 2.24) is 14.0 Å². The average molecular weight is 416 g/mol. The van der Waals surface area contributed by atoms with Gasteiger partial charge in [-0.1, -0.05) is 12.1 Å². The number of carbonyl (C=O) groups is 1. The molecule has 29 heavy (non-hydrogen) atoms. The van der Waals surface area contributed by atoms with Crippen LogP contribution in [0.15, 0.2) is 45.3 Å². The molecule has 1 aromatic carbocycles. The first kappa shape index (κ1) is 20.9. The summed E-state index contributed by atoms with van der Waals surface area (Å²) < 4.78 is 8.52. The SMILES string of the molecule is CCOc1ccc(Cn2c(=O)c3sccc3n(CC(=O)N(CC)CC)c2=O)cc1. The Morgan fingerprint density at radius 3 is 2.34 bits per heavy atom. The minimum absolute atomic E-state index is 0.0860. The molecule has 1 amide bonds. The molecule has 7 nitrogen and oxygen atoms in total. The second-order valence-corrected chi connectivity index (χ2v) is 7.45. The Morgan fingerprint density at radius 1 is 1.03 bits per heavy atom. The van der Waals surface area contributed by atoms with E-state index in [-0.39, 0.29) is 24.6 Å². The first-order valence-electron chi connectivity index (χ1n) is 9.70. The van der Waals surface area contributed by atoms with E-state index in [4.69, 9.17) is 4.74 Å². The molecule has 3 rings (SSSR count). The Bertz CT molecular complexity index is 1110. The first-order chi connectivity index (χ1) is 14.0. The first-order valence-corrected chi connectivity index (χ1v) is 10.6. The van der Waals surface area contributed by atoms with E-state index in [1.807, 2.05) is 45.0 Å². The zero-order valence-corrected chi connectivity index (χ0v) is 17.7. The van der Waals surface area contributed by atoms with Gasteiger partial charge in [0.25, 0.3) is 5.56 Å². The summed E-state index contributed by atoms with van der Waals surface area (Å²) in [6.07, 6.45) is 0. The van der Waals surface area contributed by atoms with Crippen molar-refractivity contribution < 1.29 is 9.53 Å². The molecule has 0 saturated carbocycles. The number of aromatic nitrogens is 2. The van der Waals surface area contributed by atoms with Gasteiger partial charge in [0.15, 0.2) is 0 Å². The molecular formula is C21H25N3O4S. The van der Waals surface area contributed by atoms with Crippen molar-refractivity contribution >= 4 is 27.5 Å². The number of rotatable bonds is 8. The molecule has 3 aromatic rings. The van der Waals surface area contributed by atoms with Gasteiger partial charge in [-0.2, -0.15) is 0 Å². The van der Waals surface area contributed by atoms with Crippen molar-refractivity contribution in [1.29, 1.82) is 0 Å². The maximum absolute atomic E-state index is 13.1. The van der Waals surface area contributed by atoms with Gasteiger partial charge in [-0.15, -0.1) is 11.3 Å². The average Bonchev–Trinajstić information content (AvgIpc) is 3.21. The lowest BCUT2D eigenvalue weighted by Gasteiger charge is -2.20. The molecule has 0 atom stereocenters. The highest BCUT2D eigenvalue weighted by Gasteiger charge is 2.18. The Balaban J connectivity index is 2.03. The Labute approximate surface area is 172 Å². The fraction of sp³-hybridized carbons (Fsp3) is 0.381. The molecule has 0 aliphatic rings. The lowest BCUT2D eigenvalue weighted by molar-refractivity contribution is -0.131. The molecule has 0 bridgehead atoms. The molecule has 0 aliphatic carbocycles. The molecule has 8 heteroatoms. The van der Waals surface area contributed by atoms with Crippen LogP contribution in [0, 0.1) is 0 Å². The summed E-state index contributed by atoms with van der Waals surface area (Å²) in [5.41, 5.74) is 0.509. The molecule has 154 valence electrons. The van der Waals surface area contributed by atoms with Gasteiger partial charge in [0.2, 0.25) is 5.91 Å². The van der Waals surface area contributed by atoms with E-state index < -0.39 is 5.69 Å². The third kappa shape index (κ3) is 4.27. The van der Waals surface area contributed by atoms with E-state index in [2.05, 4.69) is 0 Å². The Morgan fingerprint density at radius 2 is 1.72 bits per heavy atom. The van der Waals surface area contributed by atoms with E-state index in [0.29, 0.717) is 29.9 Å². The molecular weight excluding hydrogens is 390 g/mol. The summed E-state index contributed by atoms with van der Waals surface area (Å²) in [4.78, 5) is 40.3. The van der Waals surface area contributed by atoms with Crippen LogP contribution in [0.4, 0.5) is 0 Å². The highest BCUT2D eigenvalue weighted by molar-refractivity contribution is 7.17. The molecule has 0 spiro atoms. The van der Waals surface area contributed by atoms with Crippen LogP contribution in [0.1, 0.15) is 26.3 Å². The van der Waals surface area contributed by atoms with Crippen molar-refractivity contribution in [2.45, 2.75) is 33.9 Å². The topological polar surface area (TPSA) is 73.5 Å². The van der Waals surface area contributed by atoms with Crippen LogP contribution in [-0.4, -0.2) is 39.6 Å². The highest BCUT2D eigenvalue weighted by atomic mass is 32.1. The molecule has 0 saturated heterocycles. The standard InChI is InChI=1S/C21H25N3O4S/c1-4-22(5-2)18(25)14-23-17-11-12-29-19(17)20(26)24(21(23)27)13-15-7-9-16(10-8-15)28-6-3/h7-12H,4-6,13-14H2,1-3H3. The number of fused-ring (bicyclic) bond motifs is 1. The third-order valence-electron chi connectivity index (χ3n) is 4.82. The predicted molar refractivity (Wildman–Crippen MR) is 115 cm³/mol. The van der Waals surface area contributed by atoms with Gasteiger partial charge in [0, 0.05) is 13.1 Å². The van der Waals surface area contributed by atoms with Crippen molar-refractivity contribution in [3.8, 4) is 5.75 Å². The molecule has 2 heterocycles. The van der Waals surface area contributed by atoms with Crippen LogP contribution in [-0.2, 0) is 17.9 Å². The largest absolute Gasteiger partial charge is 0.494 e. The van der Waals surface area contributed by atoms with E-state index in [0.717, 1.165) is 11.3 Å². The van der Waals surface area contributed by atoms with Crippen molar-refractivity contribution in [2.24, 2.45) is 0 Å². The molecule has 2 aromatic heterocycles. The van der Waals surface area contributed by atoms with Gasteiger partial charge in [0.1, 0.15) is 17.0 Å². The highest BCUT2D eigenvalue weighted by Crippen LogP contribution is 2.16. The second kappa shape index (κ2) is 9.09. The molecule has 0 radical (unpaired) electrons. The maximum atomic E-state index is 13.1. The smallest absolute Gasteiger partial charge is 0.332 e. The number of carbonyl (C=O) groups excluding carboxylic acids is 1. The zero-order valence-electron chi connectivity index (χ0n) is 16.9. The number of hydrogen-bond donors (Lipinski definition) is 0. The summed E-state index contributed by atoms with van der Waals surface area (Å²) in [7, 11) is 0. The fourth-order valence-corrected chi connectivity index (χ4v) is 4.12. The van der Waals surface area contributed by atoms with Crippen LogP contribution < -0.4 is 16.0 Å². The van der Waals surface area contributed by atoms with Gasteiger partial charge in [-0.3, -0.25) is 18.7 Å². The number of amides is 1. The fourth-order valence-electron chi connectivity index (χ4n) is 3.28. The number of benzene rings is 1. The number of hydrogen-bond acceptors (Lipinski definition) is 5. The maximum Gasteiger partial charge on any atom is 0.332 e. The molecule has 0 fully saturated rings. The number of likely N-dealkylation sites (N-methyl/N-ethyl adjacent to an activating group) is 1. The monoisotopic (exact) mass is 415 g/mol. The normalized spacial score (nSPS) is 11.0. The quantitative estimate of drug-likeness (QED) is 0.567. The number of thiophene rings is 1. The predicted octanol–water partition coefficient (Wildman–Crippen LogP) is 2.54. The van der Waals surface area contributed by atoms with Crippen LogP contribution in [0.3, 0.4) is 0 Å². The van der Waals surface area contributed by atoms with E-state index in [9.17, 15) is 14.4 Å². The summed E-state index contributed by atoms with van der Waals surface area (Å²) in [6, 6.07) is 9.02. The minimum atomic E-state index is -0.477. The van der Waals surface area contributed by atoms with Crippen LogP contribution in [0.5, 0.6) is 5.75 Å². The number of nitrogens with zero attached hydrogens (tertiary/aromatic N) is 3. The summed E-state index contributed by atoms with van der Waals surface area (Å²) in [5.74, 6) is 0.593. The van der Waals surface area contributed by atoms with Crippen LogP contribution in [0.25, 0.3) is 10.2 Å². The van der Waals surface area contributed by atoms with E-state index in [1.54, 1.807) is 16.3 Å². The number of ether oxygens (including phenoxy) is 1. The Kier molecular flexibility index (Phi) is 6.53. The van der Waals surface area contributed by atoms with Gasteiger partial charge in [-0.05, 0) is 49.9 Å². The van der Waals surface area contributed by atoms with Crippen molar-refractivity contribution in [2.75, 3.05) is 19.7 Å². The summed E-state index contributed by atoms with van der Waals surface area (Å²) in [6.45, 7) is 7.47. The zero-order chi connectivity index (χ0) is 21.0. The van der Waals surface area contributed by atoms with Gasteiger partial charge >= 0.3 is 5.69 Å². The van der Waals surface area contributed by atoms with Crippen LogP contribution >= 0.6 is 11.3 Å². The lowest BCUT2D eigenvalue weighted by atomic mass is 10.2. The van der Waals surface area contributed by atoms with E-state index in [1.165, 1.54) is 20.5 Å². The molecule has 0 N–H and O–H groups in total. The third-order valence-corrected chi connectivity index (χ3v) is 5.71. The van der Waals surface area contributed by atoms with Crippen molar-refractivity contribution in [3.63, 3.8) is 0 Å².